The molecule has 0 saturated carbocycles. The molecule has 1 unspecified atom stereocenters. The van der Waals surface area contributed by atoms with Gasteiger partial charge in [0.15, 0.2) is 0 Å². The number of rotatable bonds is 5. The molecule has 0 aromatic heterocycles. The number of carbonyl (C=O) groups is 1. The van der Waals surface area contributed by atoms with Crippen LogP contribution in [0, 0.1) is 6.92 Å². The van der Waals surface area contributed by atoms with E-state index in [1.54, 1.807) is 6.07 Å². The van der Waals surface area contributed by atoms with E-state index >= 15 is 0 Å². The molecule has 0 heterocycles. The number of aliphatic hydroxyl groups excluding tert-OH is 1. The number of nitrogens with one attached hydrogen (secondary N) is 1. The largest absolute Gasteiger partial charge is 0.388 e. The fourth-order valence-electron chi connectivity index (χ4n) is 2.10. The molecule has 0 spiro atoms. The summed E-state index contributed by atoms with van der Waals surface area (Å²) >= 11 is 3.37. The van der Waals surface area contributed by atoms with Crippen molar-refractivity contribution in [3.8, 4) is 0 Å². The number of amides is 1. The van der Waals surface area contributed by atoms with Gasteiger partial charge in [-0.25, -0.2) is 0 Å². The second-order valence-corrected chi connectivity index (χ2v) is 5.85. The van der Waals surface area contributed by atoms with Crippen molar-refractivity contribution in [2.75, 3.05) is 6.54 Å². The van der Waals surface area contributed by atoms with Crippen molar-refractivity contribution >= 4 is 21.8 Å². The summed E-state index contributed by atoms with van der Waals surface area (Å²) < 4.78 is 0.877. The van der Waals surface area contributed by atoms with Gasteiger partial charge in [-0.3, -0.25) is 4.79 Å². The minimum absolute atomic E-state index is 0.117. The fraction of sp³-hybridized carbons (Fsp3) is 0.235. The first-order valence-electron chi connectivity index (χ1n) is 6.85. The van der Waals surface area contributed by atoms with Crippen LogP contribution < -0.4 is 5.32 Å². The monoisotopic (exact) mass is 347 g/mol. The summed E-state index contributed by atoms with van der Waals surface area (Å²) in [6, 6.07) is 15.1. The second-order valence-electron chi connectivity index (χ2n) is 4.93. The summed E-state index contributed by atoms with van der Waals surface area (Å²) in [7, 11) is 0. The molecule has 2 aromatic carbocycles. The Bertz CT molecular complexity index is 613. The molecule has 0 radical (unpaired) electrons. The summed E-state index contributed by atoms with van der Waals surface area (Å²) in [5.41, 5.74) is 2.45. The van der Waals surface area contributed by atoms with E-state index in [0.29, 0.717) is 18.5 Å². The molecular formula is C17H18BrNO2. The highest BCUT2D eigenvalue weighted by Gasteiger charge is 2.11. The van der Waals surface area contributed by atoms with Gasteiger partial charge in [-0.05, 0) is 36.6 Å². The van der Waals surface area contributed by atoms with Gasteiger partial charge in [0.05, 0.1) is 6.10 Å². The van der Waals surface area contributed by atoms with Crippen LogP contribution in [0.2, 0.25) is 0 Å². The summed E-state index contributed by atoms with van der Waals surface area (Å²) in [4.78, 5) is 12.1. The predicted molar refractivity (Wildman–Crippen MR) is 87.2 cm³/mol. The summed E-state index contributed by atoms with van der Waals surface area (Å²) in [5.74, 6) is -0.117. The molecule has 0 fully saturated rings. The molecular weight excluding hydrogens is 330 g/mol. The third-order valence-corrected chi connectivity index (χ3v) is 3.83. The van der Waals surface area contributed by atoms with Gasteiger partial charge in [-0.1, -0.05) is 52.3 Å². The van der Waals surface area contributed by atoms with Crippen molar-refractivity contribution in [1.82, 2.24) is 5.32 Å². The Labute approximate surface area is 133 Å². The molecule has 1 atom stereocenters. The lowest BCUT2D eigenvalue weighted by atomic mass is 10.1. The zero-order valence-electron chi connectivity index (χ0n) is 11.8. The zero-order chi connectivity index (χ0) is 15.2. The van der Waals surface area contributed by atoms with E-state index in [2.05, 4.69) is 21.2 Å². The SMILES string of the molecule is Cc1ccc(Br)cc1C(=O)NCCC(O)c1ccccc1. The lowest BCUT2D eigenvalue weighted by molar-refractivity contribution is 0.0942. The first kappa shape index (κ1) is 15.7. The molecule has 2 rings (SSSR count). The van der Waals surface area contributed by atoms with Gasteiger partial charge in [-0.2, -0.15) is 0 Å². The standard InChI is InChI=1S/C17H18BrNO2/c1-12-7-8-14(18)11-15(12)17(21)19-10-9-16(20)13-5-3-2-4-6-13/h2-8,11,16,20H,9-10H2,1H3,(H,19,21). The van der Waals surface area contributed by atoms with Crippen molar-refractivity contribution in [3.05, 3.63) is 69.7 Å². The number of halogens is 1. The molecule has 2 N–H and O–H groups in total. The van der Waals surface area contributed by atoms with Gasteiger partial charge in [0.25, 0.3) is 5.91 Å². The summed E-state index contributed by atoms with van der Waals surface area (Å²) in [6.07, 6.45) is -0.0712. The quantitative estimate of drug-likeness (QED) is 0.867. The number of hydrogen-bond acceptors (Lipinski definition) is 2. The Kier molecular flexibility index (Phi) is 5.53. The van der Waals surface area contributed by atoms with Gasteiger partial charge in [-0.15, -0.1) is 0 Å². The number of carbonyl (C=O) groups excluding carboxylic acids is 1. The lowest BCUT2D eigenvalue weighted by Crippen LogP contribution is -2.26. The van der Waals surface area contributed by atoms with Crippen molar-refractivity contribution in [2.24, 2.45) is 0 Å². The molecule has 4 heteroatoms. The summed E-state index contributed by atoms with van der Waals surface area (Å²) in [6.45, 7) is 2.33. The van der Waals surface area contributed by atoms with Crippen LogP contribution in [0.3, 0.4) is 0 Å². The molecule has 1 amide bonds. The molecule has 3 nitrogen and oxygen atoms in total. The van der Waals surface area contributed by atoms with E-state index < -0.39 is 6.10 Å². The maximum atomic E-state index is 12.1. The van der Waals surface area contributed by atoms with Crippen LogP contribution in [0.25, 0.3) is 0 Å². The first-order valence-corrected chi connectivity index (χ1v) is 7.64. The Morgan fingerprint density at radius 3 is 2.67 bits per heavy atom. The highest BCUT2D eigenvalue weighted by molar-refractivity contribution is 9.10. The zero-order valence-corrected chi connectivity index (χ0v) is 13.4. The van der Waals surface area contributed by atoms with Crippen LogP contribution in [0.1, 0.15) is 34.0 Å². The molecule has 0 bridgehead atoms. The average molecular weight is 348 g/mol. The second kappa shape index (κ2) is 7.38. The van der Waals surface area contributed by atoms with Gasteiger partial charge in [0.2, 0.25) is 0 Å². The van der Waals surface area contributed by atoms with Crippen LogP contribution >= 0.6 is 15.9 Å². The van der Waals surface area contributed by atoms with Crippen molar-refractivity contribution in [3.63, 3.8) is 0 Å². The van der Waals surface area contributed by atoms with Crippen LogP contribution in [-0.2, 0) is 0 Å². The van der Waals surface area contributed by atoms with Crippen LogP contribution in [0.15, 0.2) is 53.0 Å². The average Bonchev–Trinajstić information content (AvgIpc) is 2.50. The molecule has 2 aromatic rings. The number of aryl methyl sites for hydroxylation is 1. The van der Waals surface area contributed by atoms with E-state index in [0.717, 1.165) is 15.6 Å². The van der Waals surface area contributed by atoms with E-state index in [4.69, 9.17) is 0 Å². The Morgan fingerprint density at radius 1 is 1.24 bits per heavy atom. The minimum atomic E-state index is -0.560. The highest BCUT2D eigenvalue weighted by atomic mass is 79.9. The minimum Gasteiger partial charge on any atom is -0.388 e. The highest BCUT2D eigenvalue weighted by Crippen LogP contribution is 2.17. The maximum absolute atomic E-state index is 12.1. The number of hydrogen-bond donors (Lipinski definition) is 2. The van der Waals surface area contributed by atoms with Crippen LogP contribution in [0.4, 0.5) is 0 Å². The normalized spacial score (nSPS) is 12.0. The molecule has 0 aliphatic rings. The maximum Gasteiger partial charge on any atom is 0.251 e. The van der Waals surface area contributed by atoms with E-state index in [1.807, 2.05) is 49.4 Å². The first-order chi connectivity index (χ1) is 10.1. The van der Waals surface area contributed by atoms with Gasteiger partial charge in [0.1, 0.15) is 0 Å². The Balaban J connectivity index is 1.88. The van der Waals surface area contributed by atoms with Crippen LogP contribution in [0.5, 0.6) is 0 Å². The molecule has 21 heavy (non-hydrogen) atoms. The fourth-order valence-corrected chi connectivity index (χ4v) is 2.46. The lowest BCUT2D eigenvalue weighted by Gasteiger charge is -2.12. The van der Waals surface area contributed by atoms with Crippen molar-refractivity contribution < 1.29 is 9.90 Å². The topological polar surface area (TPSA) is 49.3 Å². The van der Waals surface area contributed by atoms with E-state index in [-0.39, 0.29) is 5.91 Å². The summed E-state index contributed by atoms with van der Waals surface area (Å²) in [5, 5.41) is 12.9. The number of benzene rings is 2. The molecule has 0 aliphatic heterocycles. The van der Waals surface area contributed by atoms with Gasteiger partial charge >= 0.3 is 0 Å². The third kappa shape index (κ3) is 4.41. The van der Waals surface area contributed by atoms with E-state index in [1.165, 1.54) is 0 Å². The molecule has 110 valence electrons. The predicted octanol–water partition coefficient (Wildman–Crippen LogP) is 3.61. The van der Waals surface area contributed by atoms with Gasteiger partial charge < -0.3 is 10.4 Å². The molecule has 0 saturated heterocycles. The third-order valence-electron chi connectivity index (χ3n) is 3.33. The van der Waals surface area contributed by atoms with Crippen molar-refractivity contribution in [1.29, 1.82) is 0 Å². The Hall–Kier alpha value is -1.65. The number of aliphatic hydroxyl groups is 1. The van der Waals surface area contributed by atoms with E-state index in [9.17, 15) is 9.90 Å². The van der Waals surface area contributed by atoms with Gasteiger partial charge in [0, 0.05) is 16.6 Å². The Morgan fingerprint density at radius 2 is 1.95 bits per heavy atom. The smallest absolute Gasteiger partial charge is 0.251 e. The molecule has 0 aliphatic carbocycles. The van der Waals surface area contributed by atoms with Crippen LogP contribution in [-0.4, -0.2) is 17.6 Å². The van der Waals surface area contributed by atoms with Crippen molar-refractivity contribution in [2.45, 2.75) is 19.4 Å².